The van der Waals surface area contributed by atoms with Crippen LogP contribution in [0.15, 0.2) is 28.7 Å². The molecule has 0 saturated heterocycles. The number of hydrogen-bond acceptors (Lipinski definition) is 5. The Hall–Kier alpha value is -2.17. The molecule has 0 spiro atoms. The molecule has 0 aliphatic heterocycles. The second-order valence-electron chi connectivity index (χ2n) is 4.75. The minimum atomic E-state index is 0.0267. The number of rotatable bonds is 6. The van der Waals surface area contributed by atoms with Crippen LogP contribution in [0.5, 0.6) is 5.88 Å². The molecule has 0 saturated carbocycles. The average Bonchev–Trinajstić information content (AvgIpc) is 2.86. The number of nitrogens with two attached hydrogens (primary N) is 1. The molecule has 5 nitrogen and oxygen atoms in total. The summed E-state index contributed by atoms with van der Waals surface area (Å²) < 4.78 is 11.1. The lowest BCUT2D eigenvalue weighted by molar-refractivity contribution is 0.307. The number of nitrogen functional groups attached to an aromatic ring is 1. The van der Waals surface area contributed by atoms with Gasteiger partial charge in [-0.05, 0) is 44.5 Å². The first-order valence-corrected chi connectivity index (χ1v) is 6.82. The van der Waals surface area contributed by atoms with Gasteiger partial charge in [-0.15, -0.1) is 0 Å². The highest BCUT2D eigenvalue weighted by atomic mass is 16.5. The van der Waals surface area contributed by atoms with E-state index in [4.69, 9.17) is 14.9 Å². The Labute approximate surface area is 119 Å². The second kappa shape index (κ2) is 6.32. The molecule has 2 aromatic heterocycles. The van der Waals surface area contributed by atoms with E-state index < -0.39 is 0 Å². The van der Waals surface area contributed by atoms with Crippen molar-refractivity contribution in [1.29, 1.82) is 0 Å². The van der Waals surface area contributed by atoms with Crippen molar-refractivity contribution in [2.75, 3.05) is 17.7 Å². The van der Waals surface area contributed by atoms with Gasteiger partial charge in [0, 0.05) is 0 Å². The molecule has 5 heteroatoms. The van der Waals surface area contributed by atoms with Gasteiger partial charge in [-0.25, -0.2) is 0 Å². The van der Waals surface area contributed by atoms with Crippen LogP contribution in [0.25, 0.3) is 0 Å². The summed E-state index contributed by atoms with van der Waals surface area (Å²) in [6.07, 6.45) is 0.918. The molecule has 0 aliphatic carbocycles. The van der Waals surface area contributed by atoms with Crippen LogP contribution >= 0.6 is 0 Å². The van der Waals surface area contributed by atoms with Crippen LogP contribution in [0.1, 0.15) is 37.8 Å². The van der Waals surface area contributed by atoms with Gasteiger partial charge < -0.3 is 20.2 Å². The number of nitrogens with zero attached hydrogens (tertiary/aromatic N) is 1. The number of aromatic nitrogens is 1. The lowest BCUT2D eigenvalue weighted by atomic mass is 10.2. The molecule has 1 unspecified atom stereocenters. The van der Waals surface area contributed by atoms with Gasteiger partial charge in [0.15, 0.2) is 0 Å². The van der Waals surface area contributed by atoms with Crippen molar-refractivity contribution in [1.82, 2.24) is 4.98 Å². The van der Waals surface area contributed by atoms with Crippen molar-refractivity contribution in [2.45, 2.75) is 33.2 Å². The maximum Gasteiger partial charge on any atom is 0.239 e. The van der Waals surface area contributed by atoms with Gasteiger partial charge in [0.05, 0.1) is 18.3 Å². The van der Waals surface area contributed by atoms with Crippen LogP contribution in [0.3, 0.4) is 0 Å². The molecule has 2 aromatic rings. The normalized spacial score (nSPS) is 12.2. The van der Waals surface area contributed by atoms with Gasteiger partial charge >= 0.3 is 0 Å². The summed E-state index contributed by atoms with van der Waals surface area (Å²) in [6.45, 7) is 6.59. The Morgan fingerprint density at radius 1 is 1.35 bits per heavy atom. The quantitative estimate of drug-likeness (QED) is 0.843. The summed E-state index contributed by atoms with van der Waals surface area (Å²) in [7, 11) is 0. The molecule has 20 heavy (non-hydrogen) atoms. The third kappa shape index (κ3) is 3.44. The number of ether oxygens (including phenoxy) is 1. The van der Waals surface area contributed by atoms with Crippen LogP contribution < -0.4 is 15.8 Å². The van der Waals surface area contributed by atoms with E-state index in [1.165, 1.54) is 0 Å². The molecule has 1 atom stereocenters. The van der Waals surface area contributed by atoms with E-state index in [0.29, 0.717) is 24.0 Å². The smallest absolute Gasteiger partial charge is 0.239 e. The number of pyridine rings is 1. The Balaban J connectivity index is 2.09. The second-order valence-corrected chi connectivity index (χ2v) is 4.75. The Morgan fingerprint density at radius 2 is 2.15 bits per heavy atom. The Bertz CT molecular complexity index is 566. The molecule has 108 valence electrons. The van der Waals surface area contributed by atoms with Crippen molar-refractivity contribution in [3.8, 4) is 5.88 Å². The van der Waals surface area contributed by atoms with E-state index in [9.17, 15) is 0 Å². The molecule has 0 aromatic carbocycles. The van der Waals surface area contributed by atoms with Crippen molar-refractivity contribution >= 4 is 11.5 Å². The average molecular weight is 275 g/mol. The molecule has 0 fully saturated rings. The number of hydrogen-bond donors (Lipinski definition) is 2. The number of anilines is 2. The fraction of sp³-hybridized carbons (Fsp3) is 0.400. The van der Waals surface area contributed by atoms with Crippen LogP contribution in [0, 0.1) is 6.92 Å². The van der Waals surface area contributed by atoms with Crippen molar-refractivity contribution in [3.05, 3.63) is 35.8 Å². The summed E-state index contributed by atoms with van der Waals surface area (Å²) in [5.74, 6) is 2.95. The van der Waals surface area contributed by atoms with E-state index >= 15 is 0 Å². The van der Waals surface area contributed by atoms with Crippen LogP contribution in [0.2, 0.25) is 0 Å². The molecule has 0 radical (unpaired) electrons. The number of nitrogens with one attached hydrogen (secondary N) is 1. The summed E-state index contributed by atoms with van der Waals surface area (Å²) in [5, 5.41) is 3.28. The minimum Gasteiger partial charge on any atom is -0.476 e. The van der Waals surface area contributed by atoms with Gasteiger partial charge in [-0.1, -0.05) is 6.92 Å². The van der Waals surface area contributed by atoms with E-state index in [1.807, 2.05) is 39.0 Å². The predicted octanol–water partition coefficient (Wildman–Crippen LogP) is 3.53. The zero-order valence-corrected chi connectivity index (χ0v) is 12.1. The maximum absolute atomic E-state index is 5.84. The van der Waals surface area contributed by atoms with Crippen molar-refractivity contribution in [2.24, 2.45) is 0 Å². The number of aryl methyl sites for hydroxylation is 1. The minimum absolute atomic E-state index is 0.0267. The SMILES string of the molecule is CCCOc1nc(NC(C)c2ccc(C)o2)ccc1N. The maximum atomic E-state index is 5.84. The molecular weight excluding hydrogens is 254 g/mol. The Kier molecular flexibility index (Phi) is 4.50. The summed E-state index contributed by atoms with van der Waals surface area (Å²) in [5.41, 5.74) is 6.39. The third-order valence-electron chi connectivity index (χ3n) is 2.88. The molecule has 0 bridgehead atoms. The van der Waals surface area contributed by atoms with Crippen LogP contribution in [-0.4, -0.2) is 11.6 Å². The largest absolute Gasteiger partial charge is 0.476 e. The van der Waals surface area contributed by atoms with Crippen LogP contribution in [0.4, 0.5) is 11.5 Å². The predicted molar refractivity (Wildman–Crippen MR) is 79.9 cm³/mol. The first kappa shape index (κ1) is 14.2. The molecular formula is C15H21N3O2. The fourth-order valence-corrected chi connectivity index (χ4v) is 1.83. The zero-order valence-electron chi connectivity index (χ0n) is 12.1. The Morgan fingerprint density at radius 3 is 2.80 bits per heavy atom. The monoisotopic (exact) mass is 275 g/mol. The summed E-state index contributed by atoms with van der Waals surface area (Å²) in [6, 6.07) is 7.55. The van der Waals surface area contributed by atoms with Gasteiger partial charge in [-0.2, -0.15) is 4.98 Å². The van der Waals surface area contributed by atoms with Gasteiger partial charge in [0.2, 0.25) is 5.88 Å². The topological polar surface area (TPSA) is 73.3 Å². The van der Waals surface area contributed by atoms with Crippen LogP contribution in [-0.2, 0) is 0 Å². The zero-order chi connectivity index (χ0) is 14.5. The lowest BCUT2D eigenvalue weighted by Crippen LogP contribution is -2.09. The molecule has 3 N–H and O–H groups in total. The van der Waals surface area contributed by atoms with E-state index in [1.54, 1.807) is 6.07 Å². The van der Waals surface area contributed by atoms with Gasteiger partial charge in [0.25, 0.3) is 0 Å². The van der Waals surface area contributed by atoms with E-state index in [2.05, 4.69) is 10.3 Å². The van der Waals surface area contributed by atoms with Gasteiger partial charge in [0.1, 0.15) is 17.3 Å². The lowest BCUT2D eigenvalue weighted by Gasteiger charge is -2.14. The fourth-order valence-electron chi connectivity index (χ4n) is 1.83. The molecule has 2 rings (SSSR count). The highest BCUT2D eigenvalue weighted by Crippen LogP contribution is 2.24. The highest BCUT2D eigenvalue weighted by molar-refractivity contribution is 5.54. The first-order valence-electron chi connectivity index (χ1n) is 6.82. The third-order valence-corrected chi connectivity index (χ3v) is 2.88. The summed E-state index contributed by atoms with van der Waals surface area (Å²) >= 11 is 0. The van der Waals surface area contributed by atoms with Gasteiger partial charge in [-0.3, -0.25) is 0 Å². The highest BCUT2D eigenvalue weighted by Gasteiger charge is 2.11. The van der Waals surface area contributed by atoms with E-state index in [-0.39, 0.29) is 6.04 Å². The van der Waals surface area contributed by atoms with Crippen molar-refractivity contribution < 1.29 is 9.15 Å². The molecule has 0 aliphatic rings. The molecule has 0 amide bonds. The summed E-state index contributed by atoms with van der Waals surface area (Å²) in [4.78, 5) is 4.38. The van der Waals surface area contributed by atoms with Crippen molar-refractivity contribution in [3.63, 3.8) is 0 Å². The first-order chi connectivity index (χ1) is 9.60. The number of furan rings is 1. The standard InChI is InChI=1S/C15H21N3O2/c1-4-9-19-15-12(16)6-8-14(18-15)17-11(3)13-7-5-10(2)20-13/h5-8,11H,4,9,16H2,1-3H3,(H,17,18). The van der Waals surface area contributed by atoms with E-state index in [0.717, 1.165) is 17.9 Å². The molecule has 2 heterocycles.